The molecule has 0 aliphatic rings. The molecule has 0 radical (unpaired) electrons. The molecule has 3 aromatic rings. The maximum absolute atomic E-state index is 12.5. The van der Waals surface area contributed by atoms with E-state index in [-0.39, 0.29) is 5.78 Å². The fraction of sp³-hybridized carbons (Fsp3) is 0.130. The highest BCUT2D eigenvalue weighted by Crippen LogP contribution is 2.22. The highest BCUT2D eigenvalue weighted by molar-refractivity contribution is 6.01. The third-order valence-corrected chi connectivity index (χ3v) is 4.08. The number of benzene rings is 3. The lowest BCUT2D eigenvalue weighted by Crippen LogP contribution is -2.24. The van der Waals surface area contributed by atoms with Gasteiger partial charge in [0, 0.05) is 5.56 Å². The first-order chi connectivity index (χ1) is 13.6. The first kappa shape index (κ1) is 19.2. The summed E-state index contributed by atoms with van der Waals surface area (Å²) in [4.78, 5) is 24.9. The predicted molar refractivity (Wildman–Crippen MR) is 105 cm³/mol. The zero-order chi connectivity index (χ0) is 19.9. The summed E-state index contributed by atoms with van der Waals surface area (Å²) < 4.78 is 16.1. The smallest absolute Gasteiger partial charge is 0.338 e. The van der Waals surface area contributed by atoms with Gasteiger partial charge >= 0.3 is 5.97 Å². The summed E-state index contributed by atoms with van der Waals surface area (Å²) in [5.74, 6) is 0.947. The van der Waals surface area contributed by atoms with E-state index in [1.54, 1.807) is 62.6 Å². The number of esters is 1. The van der Waals surface area contributed by atoms with Gasteiger partial charge < -0.3 is 14.2 Å². The van der Waals surface area contributed by atoms with Crippen LogP contribution in [0.4, 0.5) is 0 Å². The summed E-state index contributed by atoms with van der Waals surface area (Å²) in [6, 6.07) is 22.5. The number of para-hydroxylation sites is 1. The van der Waals surface area contributed by atoms with Crippen LogP contribution >= 0.6 is 0 Å². The molecule has 0 saturated carbocycles. The summed E-state index contributed by atoms with van der Waals surface area (Å²) in [6.45, 7) is 1.55. The highest BCUT2D eigenvalue weighted by Gasteiger charge is 2.20. The van der Waals surface area contributed by atoms with E-state index in [4.69, 9.17) is 14.2 Å². The monoisotopic (exact) mass is 376 g/mol. The Morgan fingerprint density at radius 1 is 0.750 bits per heavy atom. The van der Waals surface area contributed by atoms with Crippen LogP contribution in [0, 0.1) is 0 Å². The molecule has 5 nitrogen and oxygen atoms in total. The number of Topliss-reactive ketones (excluding diaryl/α,β-unsaturated/α-hetero) is 1. The number of ketones is 1. The Morgan fingerprint density at radius 2 is 1.43 bits per heavy atom. The van der Waals surface area contributed by atoms with Crippen LogP contribution in [0.3, 0.4) is 0 Å². The number of methoxy groups -OCH3 is 1. The van der Waals surface area contributed by atoms with Crippen LogP contribution in [-0.2, 0) is 4.74 Å². The third-order valence-electron chi connectivity index (χ3n) is 4.08. The van der Waals surface area contributed by atoms with Gasteiger partial charge in [0.2, 0.25) is 5.78 Å². The Kier molecular flexibility index (Phi) is 6.07. The van der Waals surface area contributed by atoms with E-state index in [2.05, 4.69) is 0 Å². The van der Waals surface area contributed by atoms with E-state index in [1.165, 1.54) is 0 Å². The third kappa shape index (κ3) is 4.76. The maximum atomic E-state index is 12.5. The molecule has 0 aliphatic heterocycles. The van der Waals surface area contributed by atoms with Gasteiger partial charge in [0.15, 0.2) is 6.10 Å². The highest BCUT2D eigenvalue weighted by atomic mass is 16.5. The Morgan fingerprint density at radius 3 is 2.11 bits per heavy atom. The molecule has 0 N–H and O–H groups in total. The van der Waals surface area contributed by atoms with Crippen molar-refractivity contribution >= 4 is 11.8 Å². The molecule has 0 aliphatic carbocycles. The van der Waals surface area contributed by atoms with Crippen molar-refractivity contribution in [3.05, 3.63) is 90.0 Å². The summed E-state index contributed by atoms with van der Waals surface area (Å²) in [7, 11) is 1.55. The van der Waals surface area contributed by atoms with E-state index < -0.39 is 12.1 Å². The fourth-order valence-corrected chi connectivity index (χ4v) is 2.58. The summed E-state index contributed by atoms with van der Waals surface area (Å²) in [5.41, 5.74) is 0.755. The first-order valence-electron chi connectivity index (χ1n) is 8.79. The number of ether oxygens (including phenoxy) is 3. The summed E-state index contributed by atoms with van der Waals surface area (Å²) >= 11 is 0. The minimum atomic E-state index is -0.917. The van der Waals surface area contributed by atoms with Crippen LogP contribution in [0.2, 0.25) is 0 Å². The van der Waals surface area contributed by atoms with Crippen molar-refractivity contribution in [1.82, 2.24) is 0 Å². The van der Waals surface area contributed by atoms with Gasteiger partial charge in [-0.3, -0.25) is 4.79 Å². The van der Waals surface area contributed by atoms with Gasteiger partial charge in [-0.1, -0.05) is 24.3 Å². The molecule has 0 unspecified atom stereocenters. The second-order valence-electron chi connectivity index (χ2n) is 6.08. The largest absolute Gasteiger partial charge is 0.497 e. The molecule has 1 atom stereocenters. The fourth-order valence-electron chi connectivity index (χ4n) is 2.58. The van der Waals surface area contributed by atoms with E-state index >= 15 is 0 Å². The molecule has 28 heavy (non-hydrogen) atoms. The van der Waals surface area contributed by atoms with E-state index in [1.807, 2.05) is 30.3 Å². The molecule has 5 heteroatoms. The Labute approximate surface area is 163 Å². The van der Waals surface area contributed by atoms with Crippen LogP contribution < -0.4 is 9.47 Å². The molecule has 0 amide bonds. The lowest BCUT2D eigenvalue weighted by molar-refractivity contribution is 0.0318. The number of carbonyl (C=O) groups excluding carboxylic acids is 2. The van der Waals surface area contributed by atoms with Crippen molar-refractivity contribution in [2.24, 2.45) is 0 Å². The average Bonchev–Trinajstić information content (AvgIpc) is 2.74. The average molecular weight is 376 g/mol. The van der Waals surface area contributed by atoms with Gasteiger partial charge in [0.05, 0.1) is 12.7 Å². The molecule has 3 aromatic carbocycles. The number of rotatable bonds is 7. The summed E-state index contributed by atoms with van der Waals surface area (Å²) in [6.07, 6.45) is -0.917. The lowest BCUT2D eigenvalue weighted by atomic mass is 10.1. The summed E-state index contributed by atoms with van der Waals surface area (Å²) in [5, 5.41) is 0. The topological polar surface area (TPSA) is 61.8 Å². The normalized spacial score (nSPS) is 11.4. The molecule has 0 heterocycles. The van der Waals surface area contributed by atoms with Crippen molar-refractivity contribution in [3.8, 4) is 17.2 Å². The predicted octanol–water partition coefficient (Wildman–Crippen LogP) is 4.92. The molecular weight excluding hydrogens is 356 g/mol. The molecule has 0 saturated heterocycles. The molecule has 3 rings (SSSR count). The van der Waals surface area contributed by atoms with Crippen molar-refractivity contribution in [3.63, 3.8) is 0 Å². The van der Waals surface area contributed by atoms with Crippen molar-refractivity contribution in [1.29, 1.82) is 0 Å². The standard InChI is InChI=1S/C23H20O5/c1-16(22(24)17-11-13-19(26-2)14-12-17)27-23(25)18-7-6-10-21(15-18)28-20-8-4-3-5-9-20/h3-16H,1-2H3/t16-/m1/s1. The van der Waals surface area contributed by atoms with Gasteiger partial charge in [0.1, 0.15) is 17.2 Å². The van der Waals surface area contributed by atoms with Crippen molar-refractivity contribution in [2.45, 2.75) is 13.0 Å². The zero-order valence-electron chi connectivity index (χ0n) is 15.6. The number of hydrogen-bond acceptors (Lipinski definition) is 5. The Bertz CT molecular complexity index is 948. The van der Waals surface area contributed by atoms with Crippen LogP contribution in [0.25, 0.3) is 0 Å². The van der Waals surface area contributed by atoms with Crippen LogP contribution in [-0.4, -0.2) is 25.0 Å². The van der Waals surface area contributed by atoms with E-state index in [0.29, 0.717) is 28.4 Å². The van der Waals surface area contributed by atoms with Gasteiger partial charge in [-0.25, -0.2) is 4.79 Å². The second kappa shape index (κ2) is 8.86. The van der Waals surface area contributed by atoms with Gasteiger partial charge in [0.25, 0.3) is 0 Å². The maximum Gasteiger partial charge on any atom is 0.338 e. The Hall–Kier alpha value is -3.60. The van der Waals surface area contributed by atoms with Crippen molar-refractivity contribution in [2.75, 3.05) is 7.11 Å². The zero-order valence-corrected chi connectivity index (χ0v) is 15.6. The second-order valence-corrected chi connectivity index (χ2v) is 6.08. The lowest BCUT2D eigenvalue weighted by Gasteiger charge is -2.13. The van der Waals surface area contributed by atoms with Gasteiger partial charge in [-0.15, -0.1) is 0 Å². The molecule has 0 spiro atoms. The molecule has 142 valence electrons. The van der Waals surface area contributed by atoms with Gasteiger partial charge in [-0.2, -0.15) is 0 Å². The van der Waals surface area contributed by atoms with Crippen LogP contribution in [0.15, 0.2) is 78.9 Å². The first-order valence-corrected chi connectivity index (χ1v) is 8.79. The Balaban J connectivity index is 1.66. The van der Waals surface area contributed by atoms with Crippen LogP contribution in [0.5, 0.6) is 17.2 Å². The minimum Gasteiger partial charge on any atom is -0.497 e. The molecule has 0 aromatic heterocycles. The van der Waals surface area contributed by atoms with Crippen molar-refractivity contribution < 1.29 is 23.8 Å². The van der Waals surface area contributed by atoms with Crippen LogP contribution in [0.1, 0.15) is 27.6 Å². The number of carbonyl (C=O) groups is 2. The molecule has 0 bridgehead atoms. The minimum absolute atomic E-state index is 0.285. The van der Waals surface area contributed by atoms with Gasteiger partial charge in [-0.05, 0) is 61.5 Å². The molecular formula is C23H20O5. The SMILES string of the molecule is COc1ccc(C(=O)[C@@H](C)OC(=O)c2cccc(Oc3ccccc3)c2)cc1. The number of hydrogen-bond donors (Lipinski definition) is 0. The van der Waals surface area contributed by atoms with E-state index in [9.17, 15) is 9.59 Å². The van der Waals surface area contributed by atoms with E-state index in [0.717, 1.165) is 0 Å². The molecule has 0 fully saturated rings. The quantitative estimate of drug-likeness (QED) is 0.433.